The first-order valence-electron chi connectivity index (χ1n) is 8.05. The number of benzene rings is 1. The van der Waals surface area contributed by atoms with E-state index in [1.807, 2.05) is 0 Å². The predicted molar refractivity (Wildman–Crippen MR) is 90.7 cm³/mol. The van der Waals surface area contributed by atoms with Gasteiger partial charge in [-0.25, -0.2) is 4.98 Å². The monoisotopic (exact) mass is 355 g/mol. The number of anilines is 1. The number of thiazole rings is 1. The average molecular weight is 355 g/mol. The summed E-state index contributed by atoms with van der Waals surface area (Å²) in [5.41, 5.74) is 6.23. The summed E-state index contributed by atoms with van der Waals surface area (Å²) in [4.78, 5) is 7.62. The molecule has 1 fully saturated rings. The van der Waals surface area contributed by atoms with Crippen LogP contribution in [0.3, 0.4) is 0 Å². The molecule has 3 rings (SSSR count). The number of aromatic nitrogens is 1. The molecule has 1 aliphatic heterocycles. The lowest BCUT2D eigenvalue weighted by molar-refractivity contribution is -0.137. The number of halogens is 3. The summed E-state index contributed by atoms with van der Waals surface area (Å²) in [7, 11) is 0. The normalized spacial score (nSPS) is 19.1. The van der Waals surface area contributed by atoms with E-state index in [4.69, 9.17) is 5.73 Å². The van der Waals surface area contributed by atoms with Crippen molar-refractivity contribution in [2.45, 2.75) is 44.9 Å². The molecule has 0 radical (unpaired) electrons. The van der Waals surface area contributed by atoms with Gasteiger partial charge in [0, 0.05) is 23.0 Å². The van der Waals surface area contributed by atoms with Crippen molar-refractivity contribution in [1.29, 1.82) is 0 Å². The Bertz CT molecular complexity index is 711. The predicted octanol–water partition coefficient (Wildman–Crippen LogP) is 4.79. The number of nitrogen functional groups attached to an aromatic ring is 1. The third kappa shape index (κ3) is 3.57. The minimum atomic E-state index is -4.36. The maximum Gasteiger partial charge on any atom is 0.416 e. The van der Waals surface area contributed by atoms with Gasteiger partial charge in [-0.2, -0.15) is 13.2 Å². The van der Waals surface area contributed by atoms with Gasteiger partial charge in [-0.15, -0.1) is 11.3 Å². The molecule has 130 valence electrons. The molecule has 1 saturated heterocycles. The van der Waals surface area contributed by atoms with Gasteiger partial charge in [0.15, 0.2) is 5.13 Å². The molecule has 1 aliphatic rings. The fourth-order valence-electron chi connectivity index (χ4n) is 3.30. The maximum atomic E-state index is 13.0. The van der Waals surface area contributed by atoms with Crippen LogP contribution in [-0.4, -0.2) is 22.5 Å². The number of nitrogens with two attached hydrogens (primary N) is 1. The molecule has 0 spiro atoms. The highest BCUT2D eigenvalue weighted by molar-refractivity contribution is 7.15. The highest BCUT2D eigenvalue weighted by Crippen LogP contribution is 2.36. The van der Waals surface area contributed by atoms with Gasteiger partial charge < -0.3 is 5.73 Å². The van der Waals surface area contributed by atoms with E-state index in [2.05, 4.69) is 16.8 Å². The Morgan fingerprint density at radius 3 is 2.88 bits per heavy atom. The number of hydrogen-bond donors (Lipinski definition) is 1. The van der Waals surface area contributed by atoms with Crippen LogP contribution in [0.15, 0.2) is 24.3 Å². The van der Waals surface area contributed by atoms with Crippen molar-refractivity contribution in [3.05, 3.63) is 34.7 Å². The van der Waals surface area contributed by atoms with Gasteiger partial charge in [-0.05, 0) is 37.9 Å². The van der Waals surface area contributed by atoms with Gasteiger partial charge in [0.1, 0.15) is 0 Å². The van der Waals surface area contributed by atoms with Crippen LogP contribution in [0.2, 0.25) is 0 Å². The topological polar surface area (TPSA) is 42.1 Å². The quantitative estimate of drug-likeness (QED) is 0.858. The third-order valence-corrected chi connectivity index (χ3v) is 5.36. The average Bonchev–Trinajstić information content (AvgIpc) is 3.13. The minimum absolute atomic E-state index is 0.393. The number of hydrogen-bond acceptors (Lipinski definition) is 4. The van der Waals surface area contributed by atoms with E-state index < -0.39 is 11.7 Å². The molecule has 2 heterocycles. The second-order valence-corrected chi connectivity index (χ2v) is 7.19. The third-order valence-electron chi connectivity index (χ3n) is 4.49. The Morgan fingerprint density at radius 2 is 2.17 bits per heavy atom. The number of alkyl halides is 3. The molecule has 2 aromatic rings. The lowest BCUT2D eigenvalue weighted by Crippen LogP contribution is -2.28. The van der Waals surface area contributed by atoms with Crippen molar-refractivity contribution in [2.75, 3.05) is 12.3 Å². The van der Waals surface area contributed by atoms with E-state index in [9.17, 15) is 13.2 Å². The molecule has 0 aliphatic carbocycles. The zero-order chi connectivity index (χ0) is 17.3. The second-order valence-electron chi connectivity index (χ2n) is 6.08. The Kier molecular flexibility index (Phi) is 4.83. The Labute approximate surface area is 143 Å². The van der Waals surface area contributed by atoms with Crippen LogP contribution in [0, 0.1) is 0 Å². The first-order valence-corrected chi connectivity index (χ1v) is 8.87. The molecule has 2 N–H and O–H groups in total. The summed E-state index contributed by atoms with van der Waals surface area (Å²) in [5.74, 6) is 0. The standard InChI is InChI=1S/C17H20F3N3S/c1-2-13-7-4-8-23(13)10-14-15(22-16(21)24-14)11-5-3-6-12(9-11)17(18,19)20/h3,5-6,9,13H,2,4,7-8,10H2,1H3,(H2,21,22)/t13-/m1/s1. The van der Waals surface area contributed by atoms with E-state index in [0.29, 0.717) is 29.0 Å². The molecule has 0 saturated carbocycles. The summed E-state index contributed by atoms with van der Waals surface area (Å²) in [5, 5.41) is 0.393. The summed E-state index contributed by atoms with van der Waals surface area (Å²) in [6.45, 7) is 3.87. The van der Waals surface area contributed by atoms with E-state index in [1.54, 1.807) is 6.07 Å². The van der Waals surface area contributed by atoms with E-state index in [-0.39, 0.29) is 0 Å². The molecule has 0 unspecified atom stereocenters. The van der Waals surface area contributed by atoms with Gasteiger partial charge in [0.05, 0.1) is 11.3 Å². The molecule has 24 heavy (non-hydrogen) atoms. The van der Waals surface area contributed by atoms with Crippen molar-refractivity contribution in [2.24, 2.45) is 0 Å². The fourth-order valence-corrected chi connectivity index (χ4v) is 4.18. The summed E-state index contributed by atoms with van der Waals surface area (Å²) in [6, 6.07) is 5.84. The van der Waals surface area contributed by atoms with E-state index in [1.165, 1.54) is 23.8 Å². The Balaban J connectivity index is 1.92. The Morgan fingerprint density at radius 1 is 1.38 bits per heavy atom. The summed E-state index contributed by atoms with van der Waals surface area (Å²) < 4.78 is 38.9. The molecule has 0 bridgehead atoms. The van der Waals surface area contributed by atoms with Crippen molar-refractivity contribution >= 4 is 16.5 Å². The van der Waals surface area contributed by atoms with Crippen LogP contribution in [0.1, 0.15) is 36.6 Å². The van der Waals surface area contributed by atoms with Gasteiger partial charge in [-0.3, -0.25) is 4.90 Å². The molecular weight excluding hydrogens is 335 g/mol. The molecular formula is C17H20F3N3S. The second kappa shape index (κ2) is 6.72. The first kappa shape index (κ1) is 17.2. The van der Waals surface area contributed by atoms with Crippen molar-refractivity contribution in [1.82, 2.24) is 9.88 Å². The van der Waals surface area contributed by atoms with E-state index in [0.717, 1.165) is 36.4 Å². The highest BCUT2D eigenvalue weighted by atomic mass is 32.1. The van der Waals surface area contributed by atoms with Crippen molar-refractivity contribution in [3.8, 4) is 11.3 Å². The molecule has 0 amide bonds. The lowest BCUT2D eigenvalue weighted by atomic mass is 10.1. The first-order chi connectivity index (χ1) is 11.4. The molecule has 1 aromatic heterocycles. The van der Waals surface area contributed by atoms with Crippen LogP contribution in [0.4, 0.5) is 18.3 Å². The fraction of sp³-hybridized carbons (Fsp3) is 0.471. The van der Waals surface area contributed by atoms with E-state index >= 15 is 0 Å². The molecule has 3 nitrogen and oxygen atoms in total. The molecule has 7 heteroatoms. The van der Waals surface area contributed by atoms with Crippen LogP contribution < -0.4 is 5.73 Å². The smallest absolute Gasteiger partial charge is 0.375 e. The van der Waals surface area contributed by atoms with Crippen LogP contribution in [0.5, 0.6) is 0 Å². The molecule has 1 aromatic carbocycles. The summed E-state index contributed by atoms with van der Waals surface area (Å²) in [6.07, 6.45) is -0.956. The van der Waals surface area contributed by atoms with Crippen LogP contribution in [-0.2, 0) is 12.7 Å². The Hall–Kier alpha value is -1.60. The van der Waals surface area contributed by atoms with Crippen molar-refractivity contribution < 1.29 is 13.2 Å². The summed E-state index contributed by atoms with van der Waals surface area (Å²) >= 11 is 1.37. The van der Waals surface area contributed by atoms with Crippen LogP contribution >= 0.6 is 11.3 Å². The zero-order valence-electron chi connectivity index (χ0n) is 13.4. The van der Waals surface area contributed by atoms with Crippen LogP contribution in [0.25, 0.3) is 11.3 Å². The minimum Gasteiger partial charge on any atom is -0.375 e. The van der Waals surface area contributed by atoms with Gasteiger partial charge >= 0.3 is 6.18 Å². The lowest BCUT2D eigenvalue weighted by Gasteiger charge is -2.22. The zero-order valence-corrected chi connectivity index (χ0v) is 14.3. The number of nitrogens with zero attached hydrogens (tertiary/aromatic N) is 2. The van der Waals surface area contributed by atoms with Gasteiger partial charge in [-0.1, -0.05) is 19.1 Å². The SMILES string of the molecule is CC[C@@H]1CCCN1Cc1sc(N)nc1-c1cccc(C(F)(F)F)c1. The molecule has 1 atom stereocenters. The van der Waals surface area contributed by atoms with Crippen molar-refractivity contribution in [3.63, 3.8) is 0 Å². The highest BCUT2D eigenvalue weighted by Gasteiger charge is 2.31. The largest absolute Gasteiger partial charge is 0.416 e. The van der Waals surface area contributed by atoms with Gasteiger partial charge in [0.2, 0.25) is 0 Å². The number of rotatable bonds is 4. The maximum absolute atomic E-state index is 13.0. The number of likely N-dealkylation sites (tertiary alicyclic amines) is 1. The van der Waals surface area contributed by atoms with Gasteiger partial charge in [0.25, 0.3) is 0 Å².